The Morgan fingerprint density at radius 2 is 1.56 bits per heavy atom. The van der Waals surface area contributed by atoms with E-state index >= 15 is 0 Å². The second kappa shape index (κ2) is 15.4. The molecule has 4 heterocycles. The van der Waals surface area contributed by atoms with Crippen LogP contribution >= 0.6 is 0 Å². The van der Waals surface area contributed by atoms with E-state index < -0.39 is 12.7 Å². The molecule has 0 saturated heterocycles. The second-order valence-electron chi connectivity index (χ2n) is 15.2. The Balaban J connectivity index is 0.000000244. The molecule has 0 N–H and O–H groups in total. The molecule has 277 valence electrons. The first kappa shape index (κ1) is 34.8. The number of aryl methyl sites for hydroxylation is 2. The number of rotatable bonds is 5. The van der Waals surface area contributed by atoms with Gasteiger partial charge in [0.05, 0.1) is 16.9 Å². The molecule has 1 radical (unpaired) electrons. The van der Waals surface area contributed by atoms with Crippen LogP contribution in [0, 0.1) is 31.7 Å². The first-order valence-corrected chi connectivity index (χ1v) is 18.0. The van der Waals surface area contributed by atoms with E-state index in [1.54, 1.807) is 12.3 Å². The molecule has 0 fully saturated rings. The van der Waals surface area contributed by atoms with Crippen LogP contribution in [-0.2, 0) is 25.5 Å². The molecule has 0 atom stereocenters. The molecule has 0 saturated carbocycles. The van der Waals surface area contributed by atoms with E-state index in [0.717, 1.165) is 67.5 Å². The van der Waals surface area contributed by atoms with Crippen LogP contribution in [0.15, 0.2) is 102 Å². The molecule has 0 spiro atoms. The Morgan fingerprint density at radius 1 is 0.815 bits per heavy atom. The number of furan rings is 1. The van der Waals surface area contributed by atoms with Crippen molar-refractivity contribution in [3.05, 3.63) is 143 Å². The van der Waals surface area contributed by atoms with Gasteiger partial charge in [0.1, 0.15) is 5.58 Å². The zero-order chi connectivity index (χ0) is 40.1. The number of nitrogens with zero attached hydrogens (tertiary/aromatic N) is 4. The largest absolute Gasteiger partial charge is 0.501 e. The van der Waals surface area contributed by atoms with Gasteiger partial charge in [0.15, 0.2) is 5.65 Å². The molecule has 54 heavy (non-hydrogen) atoms. The van der Waals surface area contributed by atoms with E-state index in [1.807, 2.05) is 31.2 Å². The van der Waals surface area contributed by atoms with Gasteiger partial charge in [-0.05, 0) is 59.3 Å². The Hall–Kier alpha value is -4.97. The van der Waals surface area contributed by atoms with Gasteiger partial charge in [-0.2, -0.15) is 0 Å². The van der Waals surface area contributed by atoms with Crippen molar-refractivity contribution in [1.82, 2.24) is 19.5 Å². The number of hydrogen-bond acceptors (Lipinski definition) is 4. The Morgan fingerprint density at radius 3 is 2.20 bits per heavy atom. The quantitative estimate of drug-likeness (QED) is 0.162. The molecule has 0 aliphatic carbocycles. The number of halogens is 1. The fourth-order valence-electron chi connectivity index (χ4n) is 6.66. The molecular formula is C47H45FIrN4O-2. The van der Waals surface area contributed by atoms with Crippen LogP contribution in [-0.4, -0.2) is 19.5 Å². The number of aromatic nitrogens is 4. The van der Waals surface area contributed by atoms with Crippen LogP contribution in [0.25, 0.3) is 61.4 Å². The second-order valence-corrected chi connectivity index (χ2v) is 15.2. The third-order valence-electron chi connectivity index (χ3n) is 9.46. The SMILES string of the molecule is CC(C)c1cccc(C(C)C)c1-n1c(-c2[c-]ccc3c2oc2ccccc23)nc2ccc(C(C)(C)C)nc21.[2H]C([2H])([2H])c1c[c-]c(-c2ccc(C)cn2)c(F)c1.[Ir]. The third kappa shape index (κ3) is 7.40. The number of fused-ring (bicyclic) bond motifs is 4. The van der Waals surface area contributed by atoms with Crippen LogP contribution in [0.4, 0.5) is 4.39 Å². The fourth-order valence-corrected chi connectivity index (χ4v) is 6.66. The van der Waals surface area contributed by atoms with Crippen molar-refractivity contribution in [1.29, 1.82) is 0 Å². The topological polar surface area (TPSA) is 56.7 Å². The van der Waals surface area contributed by atoms with E-state index in [1.165, 1.54) is 17.2 Å². The van der Waals surface area contributed by atoms with E-state index in [-0.39, 0.29) is 36.6 Å². The summed E-state index contributed by atoms with van der Waals surface area (Å²) in [5, 5.41) is 2.16. The maximum Gasteiger partial charge on any atom is 0.155 e. The molecular weight excluding hydrogens is 848 g/mol. The van der Waals surface area contributed by atoms with Crippen LogP contribution in [0.2, 0.25) is 0 Å². The summed E-state index contributed by atoms with van der Waals surface area (Å²) in [6.45, 7) is 15.2. The molecule has 7 heteroatoms. The predicted molar refractivity (Wildman–Crippen MR) is 215 cm³/mol. The van der Waals surface area contributed by atoms with Gasteiger partial charge in [-0.15, -0.1) is 42.0 Å². The van der Waals surface area contributed by atoms with E-state index in [0.29, 0.717) is 17.5 Å². The third-order valence-corrected chi connectivity index (χ3v) is 9.46. The number of hydrogen-bond donors (Lipinski definition) is 0. The summed E-state index contributed by atoms with van der Waals surface area (Å²) < 4.78 is 44.2. The minimum atomic E-state index is -2.32. The van der Waals surface area contributed by atoms with Crippen LogP contribution < -0.4 is 0 Å². The average molecular weight is 896 g/mol. The van der Waals surface area contributed by atoms with E-state index in [2.05, 4.69) is 119 Å². The van der Waals surface area contributed by atoms with Gasteiger partial charge in [-0.3, -0.25) is 9.37 Å². The van der Waals surface area contributed by atoms with Gasteiger partial charge < -0.3 is 14.0 Å². The summed E-state index contributed by atoms with van der Waals surface area (Å²) in [6.07, 6.45) is 1.63. The first-order chi connectivity index (χ1) is 26.5. The van der Waals surface area contributed by atoms with E-state index in [9.17, 15) is 4.39 Å². The Kier molecular flexibility index (Phi) is 9.92. The maximum atomic E-state index is 13.8. The number of benzene rings is 4. The van der Waals surface area contributed by atoms with Crippen LogP contribution in [0.3, 0.4) is 0 Å². The van der Waals surface area contributed by atoms with E-state index in [4.69, 9.17) is 18.5 Å². The number of para-hydroxylation sites is 2. The van der Waals surface area contributed by atoms with Crippen LogP contribution in [0.1, 0.15) is 92.4 Å². The van der Waals surface area contributed by atoms with Gasteiger partial charge in [0.2, 0.25) is 0 Å². The van der Waals surface area contributed by atoms with Crippen molar-refractivity contribution in [3.63, 3.8) is 0 Å². The average Bonchev–Trinajstić information content (AvgIpc) is 3.73. The zero-order valence-corrected chi connectivity index (χ0v) is 34.2. The number of pyridine rings is 2. The summed E-state index contributed by atoms with van der Waals surface area (Å²) in [5.74, 6) is 0.828. The summed E-state index contributed by atoms with van der Waals surface area (Å²) in [4.78, 5) is 14.6. The predicted octanol–water partition coefficient (Wildman–Crippen LogP) is 12.6. The number of imidazole rings is 1. The van der Waals surface area contributed by atoms with Crippen molar-refractivity contribution in [2.24, 2.45) is 0 Å². The van der Waals surface area contributed by atoms with Gasteiger partial charge in [-0.1, -0.05) is 120 Å². The molecule has 0 aliphatic heterocycles. The molecule has 0 unspecified atom stereocenters. The van der Waals surface area contributed by atoms with Crippen molar-refractivity contribution in [2.45, 2.75) is 79.5 Å². The molecule has 0 amide bonds. The monoisotopic (exact) mass is 896 g/mol. The molecule has 8 rings (SSSR count). The van der Waals surface area contributed by atoms with Crippen molar-refractivity contribution in [3.8, 4) is 28.3 Å². The zero-order valence-electron chi connectivity index (χ0n) is 34.8. The molecule has 4 aromatic heterocycles. The fraction of sp³-hybridized carbons (Fsp3) is 0.255. The van der Waals surface area contributed by atoms with Crippen molar-refractivity contribution < 1.29 is 33.0 Å². The molecule has 0 bridgehead atoms. The Bertz CT molecular complexity index is 2680. The van der Waals surface area contributed by atoms with Gasteiger partial charge in [-0.25, -0.2) is 4.98 Å². The van der Waals surface area contributed by atoms with Crippen molar-refractivity contribution in [2.75, 3.05) is 0 Å². The summed E-state index contributed by atoms with van der Waals surface area (Å²) in [5.41, 5.74) is 10.4. The summed E-state index contributed by atoms with van der Waals surface area (Å²) in [7, 11) is 0. The summed E-state index contributed by atoms with van der Waals surface area (Å²) in [6, 6.07) is 35.0. The smallest absolute Gasteiger partial charge is 0.155 e. The molecule has 0 aliphatic rings. The van der Waals surface area contributed by atoms with Gasteiger partial charge in [0, 0.05) is 58.4 Å². The Labute approximate surface area is 335 Å². The van der Waals surface area contributed by atoms with Gasteiger partial charge >= 0.3 is 0 Å². The molecule has 4 aromatic carbocycles. The first-order valence-electron chi connectivity index (χ1n) is 19.5. The maximum absolute atomic E-state index is 13.8. The molecule has 5 nitrogen and oxygen atoms in total. The summed E-state index contributed by atoms with van der Waals surface area (Å²) >= 11 is 0. The normalized spacial score (nSPS) is 12.8. The standard InChI is InChI=1S/C34H34N3O.C13H11FN.Ir/c1-20(2)22-13-10-14-23(21(3)4)30(22)37-32(35-27-18-19-29(34(5,6)7)36-33(27)37)26-16-11-15-25-24-12-8-9-17-28(24)38-31(25)26;1-9-3-5-11(12(14)7-9)13-6-4-10(2)8-15-13;/h8-15,17-21H,1-7H3;3-4,6-8H,1-2H3;/q2*-1;/i;1D3;. The molecule has 8 aromatic rings. The van der Waals surface area contributed by atoms with Gasteiger partial charge in [0.25, 0.3) is 0 Å². The van der Waals surface area contributed by atoms with Crippen LogP contribution in [0.5, 0.6) is 0 Å². The minimum absolute atomic E-state index is 0. The minimum Gasteiger partial charge on any atom is -0.501 e. The van der Waals surface area contributed by atoms with Crippen molar-refractivity contribution >= 4 is 33.1 Å².